The predicted octanol–water partition coefficient (Wildman–Crippen LogP) is 0.993. The van der Waals surface area contributed by atoms with E-state index in [1.165, 1.54) is 5.56 Å². The first-order valence-corrected chi connectivity index (χ1v) is 6.55. The first kappa shape index (κ1) is 12.7. The van der Waals surface area contributed by atoms with E-state index in [9.17, 15) is 0 Å². The van der Waals surface area contributed by atoms with Crippen LogP contribution in [0.3, 0.4) is 0 Å². The number of oxime groups is 1. The van der Waals surface area contributed by atoms with Crippen LogP contribution in [0.5, 0.6) is 0 Å². The fourth-order valence-electron chi connectivity index (χ4n) is 2.46. The van der Waals surface area contributed by atoms with Crippen LogP contribution in [0.15, 0.2) is 41.8 Å². The third-order valence-corrected chi connectivity index (χ3v) is 3.59. The number of aromatic nitrogens is 2. The van der Waals surface area contributed by atoms with Crippen molar-refractivity contribution in [2.45, 2.75) is 19.6 Å². The molecule has 0 atom stereocenters. The van der Waals surface area contributed by atoms with E-state index in [1.807, 2.05) is 36.7 Å². The normalized spacial score (nSPS) is 16.1. The van der Waals surface area contributed by atoms with Crippen LogP contribution in [-0.2, 0) is 19.6 Å². The van der Waals surface area contributed by atoms with E-state index in [-0.39, 0.29) is 5.84 Å². The van der Waals surface area contributed by atoms with Crippen LogP contribution >= 0.6 is 0 Å². The Morgan fingerprint density at radius 2 is 2.10 bits per heavy atom. The fraction of sp³-hybridized carbons (Fsp3) is 0.286. The summed E-state index contributed by atoms with van der Waals surface area (Å²) in [6, 6.07) is 7.76. The third-order valence-electron chi connectivity index (χ3n) is 3.59. The number of hydrogen-bond donors (Lipinski definition) is 2. The first-order chi connectivity index (χ1) is 9.76. The molecule has 3 N–H and O–H groups in total. The van der Waals surface area contributed by atoms with E-state index >= 15 is 0 Å². The maximum absolute atomic E-state index is 8.64. The lowest BCUT2D eigenvalue weighted by molar-refractivity contribution is 0.209. The molecule has 1 aliphatic rings. The number of nitrogens with zero attached hydrogens (tertiary/aromatic N) is 4. The van der Waals surface area contributed by atoms with Gasteiger partial charge in [0.25, 0.3) is 0 Å². The van der Waals surface area contributed by atoms with Crippen molar-refractivity contribution in [3.05, 3.63) is 53.6 Å². The number of rotatable bonds is 3. The number of benzene rings is 1. The number of amidine groups is 1. The Hall–Kier alpha value is -2.34. The lowest BCUT2D eigenvalue weighted by Gasteiger charge is -2.27. The zero-order valence-corrected chi connectivity index (χ0v) is 11.1. The van der Waals surface area contributed by atoms with Crippen molar-refractivity contribution in [1.82, 2.24) is 14.5 Å². The predicted molar refractivity (Wildman–Crippen MR) is 75.3 cm³/mol. The van der Waals surface area contributed by atoms with E-state index in [0.29, 0.717) is 0 Å². The number of hydrogen-bond acceptors (Lipinski definition) is 4. The molecule has 1 aromatic heterocycles. The third kappa shape index (κ3) is 2.50. The lowest BCUT2D eigenvalue weighted by atomic mass is 10.1. The minimum atomic E-state index is 0.136. The van der Waals surface area contributed by atoms with Gasteiger partial charge in [0, 0.05) is 37.6 Å². The molecule has 20 heavy (non-hydrogen) atoms. The Labute approximate surface area is 117 Å². The second-order valence-corrected chi connectivity index (χ2v) is 4.93. The molecule has 0 bridgehead atoms. The van der Waals surface area contributed by atoms with Crippen LogP contribution in [0.1, 0.15) is 17.0 Å². The Bertz CT molecular complexity index is 617. The molecule has 0 aliphatic carbocycles. The van der Waals surface area contributed by atoms with Gasteiger partial charge in [-0.2, -0.15) is 0 Å². The zero-order valence-electron chi connectivity index (χ0n) is 11.1. The number of imidazole rings is 1. The highest BCUT2D eigenvalue weighted by Crippen LogP contribution is 2.14. The molecule has 3 rings (SSSR count). The molecule has 1 aliphatic heterocycles. The van der Waals surface area contributed by atoms with Crippen molar-refractivity contribution in [1.29, 1.82) is 0 Å². The van der Waals surface area contributed by atoms with Crippen molar-refractivity contribution in [3.63, 3.8) is 0 Å². The van der Waals surface area contributed by atoms with Gasteiger partial charge in [0.05, 0.1) is 6.54 Å². The van der Waals surface area contributed by atoms with Crippen LogP contribution in [0.2, 0.25) is 0 Å². The highest BCUT2D eigenvalue weighted by Gasteiger charge is 2.16. The molecule has 0 unspecified atom stereocenters. The smallest absolute Gasteiger partial charge is 0.170 e. The molecule has 2 aromatic rings. The standard InChI is InChI=1S/C14H17N5O/c15-14(17-20)12-3-1-11(2-4-12)9-18-7-8-19-6-5-16-13(19)10-18/h1-6,20H,7-10H2,(H2,15,17). The van der Waals surface area contributed by atoms with Crippen LogP contribution in [0, 0.1) is 0 Å². The minimum absolute atomic E-state index is 0.136. The second kappa shape index (κ2) is 5.34. The van der Waals surface area contributed by atoms with Gasteiger partial charge in [0.15, 0.2) is 5.84 Å². The zero-order chi connectivity index (χ0) is 13.9. The van der Waals surface area contributed by atoms with E-state index in [1.54, 1.807) is 0 Å². The maximum atomic E-state index is 8.64. The summed E-state index contributed by atoms with van der Waals surface area (Å²) in [5.41, 5.74) is 7.48. The van der Waals surface area contributed by atoms with E-state index < -0.39 is 0 Å². The van der Waals surface area contributed by atoms with Gasteiger partial charge >= 0.3 is 0 Å². The number of fused-ring (bicyclic) bond motifs is 1. The Morgan fingerprint density at radius 1 is 1.30 bits per heavy atom. The van der Waals surface area contributed by atoms with Gasteiger partial charge in [-0.05, 0) is 5.56 Å². The Morgan fingerprint density at radius 3 is 2.85 bits per heavy atom. The molecule has 0 radical (unpaired) electrons. The topological polar surface area (TPSA) is 79.7 Å². The molecular weight excluding hydrogens is 254 g/mol. The molecular formula is C14H17N5O. The van der Waals surface area contributed by atoms with Gasteiger partial charge < -0.3 is 15.5 Å². The Balaban J connectivity index is 1.67. The average molecular weight is 271 g/mol. The largest absolute Gasteiger partial charge is 0.409 e. The van der Waals surface area contributed by atoms with Crippen molar-refractivity contribution >= 4 is 5.84 Å². The highest BCUT2D eigenvalue weighted by molar-refractivity contribution is 5.96. The summed E-state index contributed by atoms with van der Waals surface area (Å²) in [6.45, 7) is 3.75. The van der Waals surface area contributed by atoms with Crippen molar-refractivity contribution in [3.8, 4) is 0 Å². The van der Waals surface area contributed by atoms with Gasteiger partial charge in [0.1, 0.15) is 5.82 Å². The lowest BCUT2D eigenvalue weighted by Crippen LogP contribution is -2.33. The fourth-order valence-corrected chi connectivity index (χ4v) is 2.46. The van der Waals surface area contributed by atoms with E-state index in [2.05, 4.69) is 19.6 Å². The van der Waals surface area contributed by atoms with Crippen molar-refractivity contribution < 1.29 is 5.21 Å². The summed E-state index contributed by atoms with van der Waals surface area (Å²) in [6.07, 6.45) is 3.88. The summed E-state index contributed by atoms with van der Waals surface area (Å²) in [7, 11) is 0. The van der Waals surface area contributed by atoms with Crippen LogP contribution in [0.25, 0.3) is 0 Å². The van der Waals surface area contributed by atoms with Gasteiger partial charge in [-0.1, -0.05) is 29.4 Å². The number of nitrogens with two attached hydrogens (primary N) is 1. The van der Waals surface area contributed by atoms with E-state index in [4.69, 9.17) is 10.9 Å². The van der Waals surface area contributed by atoms with Gasteiger partial charge in [-0.25, -0.2) is 4.98 Å². The molecule has 0 amide bonds. The molecule has 104 valence electrons. The maximum Gasteiger partial charge on any atom is 0.170 e. The summed E-state index contributed by atoms with van der Waals surface area (Å²) < 4.78 is 2.19. The molecule has 0 spiro atoms. The summed E-state index contributed by atoms with van der Waals surface area (Å²) in [5.74, 6) is 1.25. The monoisotopic (exact) mass is 271 g/mol. The van der Waals surface area contributed by atoms with Crippen molar-refractivity contribution in [2.75, 3.05) is 6.54 Å². The van der Waals surface area contributed by atoms with Crippen LogP contribution < -0.4 is 5.73 Å². The molecule has 6 heteroatoms. The SMILES string of the molecule is NC(=NO)c1ccc(CN2CCn3ccnc3C2)cc1. The minimum Gasteiger partial charge on any atom is -0.409 e. The Kier molecular flexibility index (Phi) is 3.39. The quantitative estimate of drug-likeness (QED) is 0.378. The average Bonchev–Trinajstić information content (AvgIpc) is 2.95. The summed E-state index contributed by atoms with van der Waals surface area (Å²) in [4.78, 5) is 6.72. The molecule has 1 aromatic carbocycles. The molecule has 6 nitrogen and oxygen atoms in total. The molecule has 0 saturated carbocycles. The highest BCUT2D eigenvalue weighted by atomic mass is 16.4. The van der Waals surface area contributed by atoms with Gasteiger partial charge in [-0.3, -0.25) is 4.90 Å². The van der Waals surface area contributed by atoms with Gasteiger partial charge in [0.2, 0.25) is 0 Å². The van der Waals surface area contributed by atoms with Gasteiger partial charge in [-0.15, -0.1) is 0 Å². The van der Waals surface area contributed by atoms with E-state index in [0.717, 1.165) is 37.6 Å². The van der Waals surface area contributed by atoms with Crippen LogP contribution in [0.4, 0.5) is 0 Å². The molecule has 2 heterocycles. The molecule has 0 fully saturated rings. The van der Waals surface area contributed by atoms with Crippen LogP contribution in [-0.4, -0.2) is 32.0 Å². The first-order valence-electron chi connectivity index (χ1n) is 6.55. The summed E-state index contributed by atoms with van der Waals surface area (Å²) in [5, 5.41) is 11.6. The summed E-state index contributed by atoms with van der Waals surface area (Å²) >= 11 is 0. The molecule has 0 saturated heterocycles. The second-order valence-electron chi connectivity index (χ2n) is 4.93. The van der Waals surface area contributed by atoms with Crippen molar-refractivity contribution in [2.24, 2.45) is 10.9 Å².